The van der Waals surface area contributed by atoms with Crippen LogP contribution in [0.15, 0.2) is 48.7 Å². The number of aromatic nitrogens is 2. The van der Waals surface area contributed by atoms with Gasteiger partial charge in [-0.25, -0.2) is 13.1 Å². The molecule has 1 heterocycles. The van der Waals surface area contributed by atoms with E-state index in [0.717, 1.165) is 41.6 Å². The fraction of sp³-hybridized carbons (Fsp3) is 0.304. The summed E-state index contributed by atoms with van der Waals surface area (Å²) in [5.74, 6) is 0.0706. The average Bonchev–Trinajstić information content (AvgIpc) is 3.46. The topological polar surface area (TPSA) is 93.1 Å². The first-order valence-electron chi connectivity index (χ1n) is 10.4. The standard InChI is InChI=1S/C23H25ClN4O3S/c1-14-7-10-19(12-21(14)24)28-22(16-8-9-16)20(13-25-28)23(29)26-15(2)17-5-4-6-18(11-17)27-32(3,30)31/h4-7,10-13,15-16,27H,8-9H2,1-3H3,(H,26,29). The predicted octanol–water partition coefficient (Wildman–Crippen LogP) is 4.57. The summed E-state index contributed by atoms with van der Waals surface area (Å²) in [4.78, 5) is 13.2. The van der Waals surface area contributed by atoms with Crippen molar-refractivity contribution in [2.45, 2.75) is 38.6 Å². The molecule has 2 aromatic carbocycles. The van der Waals surface area contributed by atoms with Gasteiger partial charge in [0.05, 0.1) is 35.4 Å². The van der Waals surface area contributed by atoms with Crippen molar-refractivity contribution in [2.75, 3.05) is 11.0 Å². The van der Waals surface area contributed by atoms with E-state index in [9.17, 15) is 13.2 Å². The summed E-state index contributed by atoms with van der Waals surface area (Å²) in [5, 5.41) is 8.16. The highest BCUT2D eigenvalue weighted by Crippen LogP contribution is 2.42. The normalized spacial score (nSPS) is 14.8. The molecule has 0 aliphatic heterocycles. The van der Waals surface area contributed by atoms with Gasteiger partial charge in [0.15, 0.2) is 0 Å². The maximum absolute atomic E-state index is 13.2. The van der Waals surface area contributed by atoms with Crippen LogP contribution in [0.4, 0.5) is 5.69 Å². The number of hydrogen-bond acceptors (Lipinski definition) is 4. The lowest BCUT2D eigenvalue weighted by atomic mass is 10.1. The van der Waals surface area contributed by atoms with E-state index in [-0.39, 0.29) is 17.9 Å². The lowest BCUT2D eigenvalue weighted by Crippen LogP contribution is -2.27. The molecule has 1 saturated carbocycles. The summed E-state index contributed by atoms with van der Waals surface area (Å²) in [5.41, 5.74) is 4.49. The Bertz CT molecular complexity index is 1280. The number of anilines is 1. The minimum absolute atomic E-state index is 0.217. The number of carbonyl (C=O) groups excluding carboxylic acids is 1. The highest BCUT2D eigenvalue weighted by molar-refractivity contribution is 7.92. The van der Waals surface area contributed by atoms with E-state index in [4.69, 9.17) is 11.6 Å². The molecule has 7 nitrogen and oxygen atoms in total. The van der Waals surface area contributed by atoms with Crippen LogP contribution in [0.25, 0.3) is 5.69 Å². The number of sulfonamides is 1. The summed E-state index contributed by atoms with van der Waals surface area (Å²) in [6.07, 6.45) is 4.73. The van der Waals surface area contributed by atoms with Gasteiger partial charge in [-0.05, 0) is 62.1 Å². The highest BCUT2D eigenvalue weighted by atomic mass is 35.5. The van der Waals surface area contributed by atoms with Crippen LogP contribution >= 0.6 is 11.6 Å². The molecule has 1 atom stereocenters. The monoisotopic (exact) mass is 472 g/mol. The first-order valence-corrected chi connectivity index (χ1v) is 12.6. The third-order valence-corrected chi connectivity index (χ3v) is 6.47. The molecule has 1 unspecified atom stereocenters. The average molecular weight is 473 g/mol. The Morgan fingerprint density at radius 1 is 1.22 bits per heavy atom. The molecule has 1 aliphatic rings. The van der Waals surface area contributed by atoms with Crippen LogP contribution in [0.3, 0.4) is 0 Å². The van der Waals surface area contributed by atoms with Crippen LogP contribution in [-0.2, 0) is 10.0 Å². The Labute approximate surface area is 192 Å². The fourth-order valence-corrected chi connectivity index (χ4v) is 4.37. The quantitative estimate of drug-likeness (QED) is 0.526. The number of aryl methyl sites for hydroxylation is 1. The molecule has 1 amide bonds. The predicted molar refractivity (Wildman–Crippen MR) is 126 cm³/mol. The molecule has 32 heavy (non-hydrogen) atoms. The van der Waals surface area contributed by atoms with Gasteiger partial charge in [0.25, 0.3) is 5.91 Å². The number of benzene rings is 2. The van der Waals surface area contributed by atoms with E-state index in [1.54, 1.807) is 29.1 Å². The van der Waals surface area contributed by atoms with Crippen LogP contribution in [-0.4, -0.2) is 30.4 Å². The molecule has 2 N–H and O–H groups in total. The van der Waals surface area contributed by atoms with Crippen LogP contribution in [0.5, 0.6) is 0 Å². The van der Waals surface area contributed by atoms with Crippen LogP contribution in [0.1, 0.15) is 58.9 Å². The first-order chi connectivity index (χ1) is 15.1. The van der Waals surface area contributed by atoms with Gasteiger partial charge in [-0.2, -0.15) is 5.10 Å². The molecule has 0 spiro atoms. The van der Waals surface area contributed by atoms with E-state index >= 15 is 0 Å². The Kier molecular flexibility index (Phi) is 6.01. The van der Waals surface area contributed by atoms with Gasteiger partial charge in [-0.3, -0.25) is 9.52 Å². The zero-order valence-electron chi connectivity index (χ0n) is 18.1. The van der Waals surface area contributed by atoms with E-state index in [1.807, 2.05) is 38.1 Å². The Morgan fingerprint density at radius 3 is 2.62 bits per heavy atom. The van der Waals surface area contributed by atoms with Gasteiger partial charge >= 0.3 is 0 Å². The minimum atomic E-state index is -3.38. The Hall–Kier alpha value is -2.84. The number of hydrogen-bond donors (Lipinski definition) is 2. The lowest BCUT2D eigenvalue weighted by molar-refractivity contribution is 0.0939. The Morgan fingerprint density at radius 2 is 1.97 bits per heavy atom. The zero-order chi connectivity index (χ0) is 23.0. The summed E-state index contributed by atoms with van der Waals surface area (Å²) < 4.78 is 27.3. The van der Waals surface area contributed by atoms with E-state index in [1.165, 1.54) is 0 Å². The van der Waals surface area contributed by atoms with Crippen LogP contribution in [0, 0.1) is 6.92 Å². The van der Waals surface area contributed by atoms with Crippen molar-refractivity contribution in [3.8, 4) is 5.69 Å². The second-order valence-electron chi connectivity index (χ2n) is 8.26. The minimum Gasteiger partial charge on any atom is -0.345 e. The molecule has 0 bridgehead atoms. The SMILES string of the molecule is Cc1ccc(-n2ncc(C(=O)NC(C)c3cccc(NS(C)(=O)=O)c3)c2C2CC2)cc1Cl. The van der Waals surface area contributed by atoms with E-state index in [2.05, 4.69) is 15.1 Å². The number of nitrogens with one attached hydrogen (secondary N) is 2. The van der Waals surface area contributed by atoms with Gasteiger partial charge in [0.2, 0.25) is 10.0 Å². The maximum atomic E-state index is 13.2. The van der Waals surface area contributed by atoms with E-state index < -0.39 is 10.0 Å². The molecule has 3 aromatic rings. The fourth-order valence-electron chi connectivity index (χ4n) is 3.65. The molecule has 1 aromatic heterocycles. The maximum Gasteiger partial charge on any atom is 0.255 e. The van der Waals surface area contributed by atoms with Crippen molar-refractivity contribution in [1.82, 2.24) is 15.1 Å². The smallest absolute Gasteiger partial charge is 0.255 e. The highest BCUT2D eigenvalue weighted by Gasteiger charge is 2.33. The molecule has 1 aliphatic carbocycles. The molecular formula is C23H25ClN4O3S. The lowest BCUT2D eigenvalue weighted by Gasteiger charge is -2.16. The summed E-state index contributed by atoms with van der Waals surface area (Å²) in [6, 6.07) is 12.4. The van der Waals surface area contributed by atoms with Gasteiger partial charge < -0.3 is 5.32 Å². The van der Waals surface area contributed by atoms with Crippen molar-refractivity contribution in [2.24, 2.45) is 0 Å². The first kappa shape index (κ1) is 22.4. The second kappa shape index (κ2) is 8.60. The molecule has 4 rings (SSSR count). The van der Waals surface area contributed by atoms with Crippen molar-refractivity contribution < 1.29 is 13.2 Å². The van der Waals surface area contributed by atoms with Crippen molar-refractivity contribution >= 4 is 33.2 Å². The number of carbonyl (C=O) groups is 1. The molecule has 1 fully saturated rings. The van der Waals surface area contributed by atoms with Gasteiger partial charge in [-0.15, -0.1) is 0 Å². The van der Waals surface area contributed by atoms with Crippen LogP contribution < -0.4 is 10.0 Å². The number of nitrogens with zero attached hydrogens (tertiary/aromatic N) is 2. The molecule has 0 radical (unpaired) electrons. The molecular weight excluding hydrogens is 448 g/mol. The molecule has 168 valence electrons. The summed E-state index contributed by atoms with van der Waals surface area (Å²) in [7, 11) is -3.38. The number of rotatable bonds is 7. The van der Waals surface area contributed by atoms with Gasteiger partial charge in [0, 0.05) is 16.6 Å². The molecule has 0 saturated heterocycles. The van der Waals surface area contributed by atoms with Crippen molar-refractivity contribution in [3.63, 3.8) is 0 Å². The largest absolute Gasteiger partial charge is 0.345 e. The Balaban J connectivity index is 1.58. The zero-order valence-corrected chi connectivity index (χ0v) is 19.7. The second-order valence-corrected chi connectivity index (χ2v) is 10.4. The van der Waals surface area contributed by atoms with Gasteiger partial charge in [-0.1, -0.05) is 29.8 Å². The summed E-state index contributed by atoms with van der Waals surface area (Å²) in [6.45, 7) is 3.80. The van der Waals surface area contributed by atoms with Gasteiger partial charge in [0.1, 0.15) is 0 Å². The number of halogens is 1. The van der Waals surface area contributed by atoms with Crippen molar-refractivity contribution in [3.05, 3.63) is 76.1 Å². The number of amides is 1. The van der Waals surface area contributed by atoms with Crippen molar-refractivity contribution in [1.29, 1.82) is 0 Å². The molecule has 9 heteroatoms. The van der Waals surface area contributed by atoms with Crippen LogP contribution in [0.2, 0.25) is 5.02 Å². The third-order valence-electron chi connectivity index (χ3n) is 5.45. The summed E-state index contributed by atoms with van der Waals surface area (Å²) >= 11 is 6.31. The van der Waals surface area contributed by atoms with E-state index in [0.29, 0.717) is 16.3 Å². The third kappa shape index (κ3) is 4.97.